The number of carbonyl (C=O) groups excluding carboxylic acids is 1. The average Bonchev–Trinajstić information content (AvgIpc) is 3.16. The van der Waals surface area contributed by atoms with Crippen LogP contribution in [0.15, 0.2) is 47.8 Å². The minimum absolute atomic E-state index is 0.0165. The highest BCUT2D eigenvalue weighted by atomic mass is 32.2. The van der Waals surface area contributed by atoms with Crippen LogP contribution < -0.4 is 0 Å². The molecular weight excluding hydrogens is 368 g/mol. The lowest BCUT2D eigenvalue weighted by Gasteiger charge is -2.34. The Morgan fingerprint density at radius 1 is 1.00 bits per heavy atom. The van der Waals surface area contributed by atoms with E-state index in [1.165, 1.54) is 9.18 Å². The molecule has 0 N–H and O–H groups in total. The summed E-state index contributed by atoms with van der Waals surface area (Å²) in [5.74, 6) is 0.143. The number of hydrogen-bond donors (Lipinski definition) is 0. The van der Waals surface area contributed by atoms with Crippen LogP contribution in [0, 0.1) is 0 Å². The van der Waals surface area contributed by atoms with Crippen molar-refractivity contribution in [3.8, 4) is 0 Å². The zero-order valence-electron chi connectivity index (χ0n) is 14.7. The number of thiophene rings is 1. The molecule has 1 aromatic carbocycles. The van der Waals surface area contributed by atoms with Gasteiger partial charge in [-0.1, -0.05) is 36.4 Å². The lowest BCUT2D eigenvalue weighted by molar-refractivity contribution is -0.132. The summed E-state index contributed by atoms with van der Waals surface area (Å²) >= 11 is 1.72. The molecule has 1 amide bonds. The predicted molar refractivity (Wildman–Crippen MR) is 104 cm³/mol. The Labute approximate surface area is 159 Å². The van der Waals surface area contributed by atoms with Gasteiger partial charge in [0.1, 0.15) is 0 Å². The number of sulfonamides is 1. The predicted octanol–water partition coefficient (Wildman–Crippen LogP) is 2.75. The Kier molecular flexibility index (Phi) is 6.45. The van der Waals surface area contributed by atoms with E-state index in [4.69, 9.17) is 0 Å². The van der Waals surface area contributed by atoms with Crippen LogP contribution >= 0.6 is 11.3 Å². The Balaban J connectivity index is 1.45. The maximum atomic E-state index is 12.6. The van der Waals surface area contributed by atoms with Crippen molar-refractivity contribution in [2.45, 2.75) is 25.0 Å². The second-order valence-electron chi connectivity index (χ2n) is 6.45. The van der Waals surface area contributed by atoms with Crippen molar-refractivity contribution in [2.24, 2.45) is 0 Å². The maximum Gasteiger partial charge on any atom is 0.222 e. The van der Waals surface area contributed by atoms with Crippen LogP contribution in [0.3, 0.4) is 0 Å². The molecule has 0 unspecified atom stereocenters. The molecule has 0 spiro atoms. The number of hydrogen-bond acceptors (Lipinski definition) is 4. The van der Waals surface area contributed by atoms with Crippen LogP contribution in [0.2, 0.25) is 0 Å². The third-order valence-corrected chi connectivity index (χ3v) is 7.36. The average molecular weight is 393 g/mol. The molecule has 0 radical (unpaired) electrons. The first-order valence-electron chi connectivity index (χ1n) is 8.86. The first-order chi connectivity index (χ1) is 12.5. The van der Waals surface area contributed by atoms with Crippen LogP contribution in [-0.4, -0.2) is 49.7 Å². The number of amides is 1. The first kappa shape index (κ1) is 19.1. The molecule has 2 aromatic rings. The van der Waals surface area contributed by atoms with Crippen LogP contribution in [0.1, 0.15) is 23.3 Å². The highest BCUT2D eigenvalue weighted by Crippen LogP contribution is 2.16. The molecule has 7 heteroatoms. The van der Waals surface area contributed by atoms with Gasteiger partial charge in [0.15, 0.2) is 0 Å². The normalized spacial score (nSPS) is 15.9. The molecule has 140 valence electrons. The lowest BCUT2D eigenvalue weighted by atomic mass is 10.2. The molecule has 0 aliphatic carbocycles. The first-order valence-corrected chi connectivity index (χ1v) is 11.4. The van der Waals surface area contributed by atoms with Gasteiger partial charge < -0.3 is 4.90 Å². The van der Waals surface area contributed by atoms with Gasteiger partial charge in [-0.05, 0) is 29.9 Å². The Morgan fingerprint density at radius 3 is 2.38 bits per heavy atom. The van der Waals surface area contributed by atoms with E-state index in [0.29, 0.717) is 32.6 Å². The fraction of sp³-hybridized carbons (Fsp3) is 0.421. The number of carbonyl (C=O) groups is 1. The third-order valence-electron chi connectivity index (χ3n) is 4.57. The van der Waals surface area contributed by atoms with Crippen LogP contribution in [-0.2, 0) is 27.0 Å². The zero-order chi connectivity index (χ0) is 18.4. The van der Waals surface area contributed by atoms with E-state index >= 15 is 0 Å². The molecule has 0 bridgehead atoms. The van der Waals surface area contributed by atoms with E-state index in [-0.39, 0.29) is 11.7 Å². The topological polar surface area (TPSA) is 57.7 Å². The van der Waals surface area contributed by atoms with Crippen LogP contribution in [0.25, 0.3) is 0 Å². The van der Waals surface area contributed by atoms with Crippen molar-refractivity contribution >= 4 is 27.3 Å². The van der Waals surface area contributed by atoms with Gasteiger partial charge in [-0.3, -0.25) is 4.79 Å². The van der Waals surface area contributed by atoms with Gasteiger partial charge in [-0.25, -0.2) is 8.42 Å². The summed E-state index contributed by atoms with van der Waals surface area (Å²) in [4.78, 5) is 15.4. The molecule has 0 atom stereocenters. The minimum Gasteiger partial charge on any atom is -0.340 e. The second kappa shape index (κ2) is 8.79. The van der Waals surface area contributed by atoms with Crippen LogP contribution in [0.4, 0.5) is 0 Å². The minimum atomic E-state index is -3.34. The highest BCUT2D eigenvalue weighted by molar-refractivity contribution is 7.88. The molecule has 1 aromatic heterocycles. The maximum absolute atomic E-state index is 12.6. The van der Waals surface area contributed by atoms with Gasteiger partial charge in [-0.2, -0.15) is 4.31 Å². The molecule has 1 aliphatic rings. The molecule has 0 saturated carbocycles. The molecular formula is C19H24N2O3S2. The molecule has 1 fully saturated rings. The lowest BCUT2D eigenvalue weighted by Crippen LogP contribution is -2.50. The highest BCUT2D eigenvalue weighted by Gasteiger charge is 2.28. The van der Waals surface area contributed by atoms with Gasteiger partial charge >= 0.3 is 0 Å². The SMILES string of the molecule is O=C(CCCc1cccs1)N1CCN(S(=O)(=O)Cc2ccccc2)CC1. The van der Waals surface area contributed by atoms with Crippen molar-refractivity contribution < 1.29 is 13.2 Å². The standard InChI is InChI=1S/C19H24N2O3S2/c22-19(10-4-8-18-9-5-15-25-18)20-11-13-21(14-12-20)26(23,24)16-17-6-2-1-3-7-17/h1-3,5-7,9,15H,4,8,10-14,16H2. The number of piperazine rings is 1. The van der Waals surface area contributed by atoms with Gasteiger partial charge in [-0.15, -0.1) is 11.3 Å². The van der Waals surface area contributed by atoms with Crippen molar-refractivity contribution in [1.29, 1.82) is 0 Å². The summed E-state index contributed by atoms with van der Waals surface area (Å²) in [7, 11) is -3.34. The third kappa shape index (κ3) is 5.16. The summed E-state index contributed by atoms with van der Waals surface area (Å²) < 4.78 is 26.6. The summed E-state index contributed by atoms with van der Waals surface area (Å²) in [6.45, 7) is 1.72. The van der Waals surface area contributed by atoms with E-state index in [0.717, 1.165) is 18.4 Å². The Bertz CT molecular complexity index is 797. The number of rotatable bonds is 7. The van der Waals surface area contributed by atoms with Crippen molar-refractivity contribution in [1.82, 2.24) is 9.21 Å². The zero-order valence-corrected chi connectivity index (χ0v) is 16.3. The van der Waals surface area contributed by atoms with Crippen LogP contribution in [0.5, 0.6) is 0 Å². The van der Waals surface area contributed by atoms with E-state index in [1.54, 1.807) is 16.2 Å². The Morgan fingerprint density at radius 2 is 1.73 bits per heavy atom. The van der Waals surface area contributed by atoms with Gasteiger partial charge in [0, 0.05) is 37.5 Å². The monoisotopic (exact) mass is 392 g/mol. The summed E-state index contributed by atoms with van der Waals surface area (Å²) in [5, 5.41) is 2.05. The molecule has 1 saturated heterocycles. The van der Waals surface area contributed by atoms with Crippen molar-refractivity contribution in [2.75, 3.05) is 26.2 Å². The number of nitrogens with zero attached hydrogens (tertiary/aromatic N) is 2. The quantitative estimate of drug-likeness (QED) is 0.728. The fourth-order valence-electron chi connectivity index (χ4n) is 3.12. The summed E-state index contributed by atoms with van der Waals surface area (Å²) in [6, 6.07) is 13.3. The summed E-state index contributed by atoms with van der Waals surface area (Å²) in [6.07, 6.45) is 2.29. The molecule has 26 heavy (non-hydrogen) atoms. The van der Waals surface area contributed by atoms with E-state index < -0.39 is 10.0 Å². The van der Waals surface area contributed by atoms with Gasteiger partial charge in [0.2, 0.25) is 15.9 Å². The molecule has 5 nitrogen and oxygen atoms in total. The molecule has 3 rings (SSSR count). The van der Waals surface area contributed by atoms with Crippen molar-refractivity contribution in [3.63, 3.8) is 0 Å². The largest absolute Gasteiger partial charge is 0.340 e. The number of benzene rings is 1. The fourth-order valence-corrected chi connectivity index (χ4v) is 5.39. The van der Waals surface area contributed by atoms with E-state index in [9.17, 15) is 13.2 Å². The van der Waals surface area contributed by atoms with E-state index in [2.05, 4.69) is 6.07 Å². The van der Waals surface area contributed by atoms with Gasteiger partial charge in [0.05, 0.1) is 5.75 Å². The van der Waals surface area contributed by atoms with Gasteiger partial charge in [0.25, 0.3) is 0 Å². The Hall–Kier alpha value is -1.70. The van der Waals surface area contributed by atoms with Crippen molar-refractivity contribution in [3.05, 3.63) is 58.3 Å². The number of aryl methyl sites for hydroxylation is 1. The molecule has 2 heterocycles. The smallest absolute Gasteiger partial charge is 0.222 e. The van der Waals surface area contributed by atoms with E-state index in [1.807, 2.05) is 41.8 Å². The second-order valence-corrected chi connectivity index (χ2v) is 9.46. The molecule has 1 aliphatic heterocycles. The summed E-state index contributed by atoms with van der Waals surface area (Å²) in [5.41, 5.74) is 0.791.